The van der Waals surface area contributed by atoms with E-state index >= 15 is 0 Å². The van der Waals surface area contributed by atoms with E-state index in [1.807, 2.05) is 212 Å². The highest BCUT2D eigenvalue weighted by Gasteiger charge is 2.56. The van der Waals surface area contributed by atoms with Gasteiger partial charge in [-0.3, -0.25) is 0 Å². The molecule has 10 aromatic carbocycles. The molecule has 0 radical (unpaired) electrons. The first-order valence-electron chi connectivity index (χ1n) is 36.3. The Kier molecular flexibility index (Phi) is 28.1. The number of methoxy groups -OCH3 is 1. The number of carbonyl (C=O) groups excluding carboxylic acids is 3. The molecule has 13 rings (SSSR count). The molecule has 15 atom stereocenters. The predicted octanol–water partition coefficient (Wildman–Crippen LogP) is 14.2. The van der Waals surface area contributed by atoms with Gasteiger partial charge in [-0.2, -0.15) is 0 Å². The largest absolute Gasteiger partial charge is 0.452 e. The Morgan fingerprint density at radius 1 is 0.241 bits per heavy atom. The summed E-state index contributed by atoms with van der Waals surface area (Å²) in [5.41, 5.74) is 6.73. The van der Waals surface area contributed by atoms with Gasteiger partial charge in [-0.05, 0) is 75.3 Å². The average Bonchev–Trinajstić information content (AvgIpc) is 0.780. The lowest BCUT2D eigenvalue weighted by Crippen LogP contribution is -2.65. The normalized spacial score (nSPS) is 24.1. The van der Waals surface area contributed by atoms with E-state index in [1.165, 1.54) is 7.11 Å². The topological polar surface area (TPSA) is 199 Å². The molecule has 558 valence electrons. The van der Waals surface area contributed by atoms with Crippen molar-refractivity contribution in [3.05, 3.63) is 359 Å². The molecule has 3 aliphatic rings. The van der Waals surface area contributed by atoms with E-state index in [9.17, 15) is 14.4 Å². The molecule has 0 spiro atoms. The molecular weight excluding hydrogens is 1370 g/mol. The Morgan fingerprint density at radius 3 is 0.796 bits per heavy atom. The number of carbonyl (C=O) groups is 3. The minimum absolute atomic E-state index is 0.0451. The molecule has 0 unspecified atom stereocenters. The van der Waals surface area contributed by atoms with E-state index in [4.69, 9.17) is 75.8 Å². The Bertz CT molecular complexity index is 4260. The third-order valence-corrected chi connectivity index (χ3v) is 18.7. The Hall–Kier alpha value is -9.91. The van der Waals surface area contributed by atoms with Gasteiger partial charge in [-0.25, -0.2) is 14.4 Å². The molecule has 3 saturated heterocycles. The molecule has 0 N–H and O–H groups in total. The fourth-order valence-electron chi connectivity index (χ4n) is 13.2. The van der Waals surface area contributed by atoms with Gasteiger partial charge in [0.1, 0.15) is 54.9 Å². The summed E-state index contributed by atoms with van der Waals surface area (Å²) in [7, 11) is 1.35. The molecule has 0 saturated carbocycles. The molecule has 0 aromatic heterocycles. The first kappa shape index (κ1) is 76.3. The summed E-state index contributed by atoms with van der Waals surface area (Å²) >= 11 is 0. The van der Waals surface area contributed by atoms with Gasteiger partial charge in [0.05, 0.1) is 82.8 Å². The molecule has 3 heterocycles. The summed E-state index contributed by atoms with van der Waals surface area (Å²) in [6.45, 7) is 0.307. The fourth-order valence-corrected chi connectivity index (χ4v) is 13.2. The van der Waals surface area contributed by atoms with Crippen LogP contribution in [0.15, 0.2) is 303 Å². The van der Waals surface area contributed by atoms with Gasteiger partial charge in [-0.1, -0.05) is 267 Å². The maximum Gasteiger partial charge on any atom is 0.338 e. The van der Waals surface area contributed by atoms with Gasteiger partial charge < -0.3 is 75.8 Å². The van der Waals surface area contributed by atoms with Crippen LogP contribution in [0.2, 0.25) is 0 Å². The number of esters is 3. The second kappa shape index (κ2) is 39.8. The lowest BCUT2D eigenvalue weighted by molar-refractivity contribution is -0.358. The molecule has 19 nitrogen and oxygen atoms in total. The smallest absolute Gasteiger partial charge is 0.338 e. The maximum atomic E-state index is 14.7. The van der Waals surface area contributed by atoms with Crippen LogP contribution in [-0.2, 0) is 122 Å². The van der Waals surface area contributed by atoms with Crippen molar-refractivity contribution in [2.75, 3.05) is 26.9 Å². The zero-order chi connectivity index (χ0) is 73.9. The van der Waals surface area contributed by atoms with Gasteiger partial charge in [0, 0.05) is 7.11 Å². The fraction of sp³-hybridized carbons (Fsp3) is 0.292. The SMILES string of the molecule is CO[C@H]1O[C@H](CO[C@H]2O[C@H](CO[C@H]3O[C@H](COCc4ccccc4)[C@H](OCc4ccccc4)[C@H](OCc4ccccc4)[C@H]3OCc3ccccc3)[C@H](OCc3ccccc3)[C@H](OCc3ccccc3)[C@H]2OCc2ccccc2)[C@H](OC(=O)c2ccccc2)[C@H](OC(=O)c2ccccc2)[C@H]1OC(=O)c1ccccc1. The average molecular weight is 1460 g/mol. The van der Waals surface area contributed by atoms with Crippen LogP contribution in [0.25, 0.3) is 0 Å². The van der Waals surface area contributed by atoms with Gasteiger partial charge in [0.2, 0.25) is 0 Å². The Balaban J connectivity index is 0.893. The van der Waals surface area contributed by atoms with Crippen LogP contribution < -0.4 is 0 Å². The van der Waals surface area contributed by atoms with E-state index in [-0.39, 0.29) is 76.2 Å². The third-order valence-electron chi connectivity index (χ3n) is 18.7. The van der Waals surface area contributed by atoms with Crippen LogP contribution in [0, 0.1) is 0 Å². The summed E-state index contributed by atoms with van der Waals surface area (Å²) in [6, 6.07) is 93.5. The van der Waals surface area contributed by atoms with Crippen LogP contribution in [0.3, 0.4) is 0 Å². The van der Waals surface area contributed by atoms with Crippen LogP contribution in [-0.4, -0.2) is 137 Å². The molecule has 10 aromatic rings. The summed E-state index contributed by atoms with van der Waals surface area (Å²) in [5, 5.41) is 0. The highest BCUT2D eigenvalue weighted by molar-refractivity contribution is 5.91. The van der Waals surface area contributed by atoms with Crippen molar-refractivity contribution >= 4 is 17.9 Å². The molecular formula is C89H88O19. The molecule has 0 amide bonds. The standard InChI is InChI=1S/C89H88O19/c1-93-87-83(108-86(92)71-50-30-11-31-51-71)80(107-85(91)70-48-28-10-29-49-70)77(106-84(90)69-46-26-9-27-47-69)74(103-87)61-102-89-82(100-58-68-44-24-8-25-45-68)79(98-56-66-40-20-6-21-41-66)76(96-54-64-36-16-4-17-37-64)73(105-89)60-101-88-81(99-57-67-42-22-7-23-43-67)78(97-55-65-38-18-5-19-39-65)75(95-53-63-34-14-3-15-35-63)72(104-88)59-94-52-62-32-12-2-13-33-62/h2-51,72-83,87-89H,52-61H2,1H3/t72-,73-,74-,75+,76+,77+,78+,79+,80+,81-,82-,83-,87+,88+,89+/m1/s1. The van der Waals surface area contributed by atoms with Crippen LogP contribution in [0.5, 0.6) is 0 Å². The van der Waals surface area contributed by atoms with Crippen molar-refractivity contribution in [3.8, 4) is 0 Å². The van der Waals surface area contributed by atoms with Crippen molar-refractivity contribution in [2.24, 2.45) is 0 Å². The molecule has 0 bridgehead atoms. The highest BCUT2D eigenvalue weighted by Crippen LogP contribution is 2.38. The molecule has 3 aliphatic heterocycles. The van der Waals surface area contributed by atoms with Crippen molar-refractivity contribution in [1.29, 1.82) is 0 Å². The highest BCUT2D eigenvalue weighted by atomic mass is 16.8. The van der Waals surface area contributed by atoms with Gasteiger partial charge in [-0.15, -0.1) is 0 Å². The zero-order valence-electron chi connectivity index (χ0n) is 59.9. The second-order valence-corrected chi connectivity index (χ2v) is 26.3. The maximum absolute atomic E-state index is 14.7. The first-order chi connectivity index (χ1) is 53.3. The lowest BCUT2D eigenvalue weighted by atomic mass is 9.96. The Labute approximate surface area is 629 Å². The minimum atomic E-state index is -1.61. The van der Waals surface area contributed by atoms with Crippen molar-refractivity contribution in [3.63, 3.8) is 0 Å². The number of hydrogen-bond donors (Lipinski definition) is 0. The zero-order valence-corrected chi connectivity index (χ0v) is 59.9. The van der Waals surface area contributed by atoms with E-state index in [0.717, 1.165) is 38.9 Å². The molecule has 3 fully saturated rings. The van der Waals surface area contributed by atoms with Gasteiger partial charge in [0.25, 0.3) is 0 Å². The summed E-state index contributed by atoms with van der Waals surface area (Å²) in [6.07, 6.45) is -18.0. The minimum Gasteiger partial charge on any atom is -0.452 e. The van der Waals surface area contributed by atoms with Crippen molar-refractivity contribution in [1.82, 2.24) is 0 Å². The summed E-state index contributed by atoms with van der Waals surface area (Å²) < 4.78 is 111. The molecule has 19 heteroatoms. The van der Waals surface area contributed by atoms with Crippen molar-refractivity contribution < 1.29 is 90.2 Å². The van der Waals surface area contributed by atoms with Crippen LogP contribution in [0.4, 0.5) is 0 Å². The van der Waals surface area contributed by atoms with Crippen LogP contribution in [0.1, 0.15) is 70.0 Å². The number of ether oxygens (including phenoxy) is 16. The number of benzene rings is 10. The van der Waals surface area contributed by atoms with Gasteiger partial charge >= 0.3 is 17.9 Å². The Morgan fingerprint density at radius 2 is 0.481 bits per heavy atom. The molecule has 0 aliphatic carbocycles. The predicted molar refractivity (Wildman–Crippen MR) is 398 cm³/mol. The monoisotopic (exact) mass is 1460 g/mol. The van der Waals surface area contributed by atoms with E-state index in [1.54, 1.807) is 91.0 Å². The van der Waals surface area contributed by atoms with Gasteiger partial charge in [0.15, 0.2) is 37.2 Å². The summed E-state index contributed by atoms with van der Waals surface area (Å²) in [5.74, 6) is -2.44. The van der Waals surface area contributed by atoms with Crippen molar-refractivity contribution in [2.45, 2.75) is 138 Å². The third kappa shape index (κ3) is 21.3. The number of rotatable bonds is 35. The van der Waals surface area contributed by atoms with E-state index in [0.29, 0.717) is 0 Å². The van der Waals surface area contributed by atoms with Crippen LogP contribution >= 0.6 is 0 Å². The van der Waals surface area contributed by atoms with E-state index < -0.39 is 117 Å². The number of hydrogen-bond acceptors (Lipinski definition) is 19. The lowest BCUT2D eigenvalue weighted by Gasteiger charge is -2.48. The summed E-state index contributed by atoms with van der Waals surface area (Å²) in [4.78, 5) is 43.5. The first-order valence-corrected chi connectivity index (χ1v) is 36.3. The second-order valence-electron chi connectivity index (χ2n) is 26.3. The van der Waals surface area contributed by atoms with E-state index in [2.05, 4.69) is 0 Å². The quantitative estimate of drug-likeness (QED) is 0.0268. The molecule has 108 heavy (non-hydrogen) atoms.